The lowest BCUT2D eigenvalue weighted by Crippen LogP contribution is -2.37. The Labute approximate surface area is 152 Å². The highest BCUT2D eigenvalue weighted by Gasteiger charge is 2.48. The van der Waals surface area contributed by atoms with Gasteiger partial charge in [-0.2, -0.15) is 4.99 Å². The minimum Gasteiger partial charge on any atom is -0.497 e. The Morgan fingerprint density at radius 2 is 2.00 bits per heavy atom. The molecule has 1 amide bonds. The van der Waals surface area contributed by atoms with Crippen molar-refractivity contribution in [3.05, 3.63) is 29.8 Å². The maximum absolute atomic E-state index is 12.1. The number of hydrogen-bond donors (Lipinski definition) is 0. The second kappa shape index (κ2) is 6.99. The Morgan fingerprint density at radius 3 is 2.60 bits per heavy atom. The minimum atomic E-state index is -3.03. The van der Waals surface area contributed by atoms with Gasteiger partial charge in [-0.1, -0.05) is 37.7 Å². The van der Waals surface area contributed by atoms with Gasteiger partial charge in [0.15, 0.2) is 15.0 Å². The predicted molar refractivity (Wildman–Crippen MR) is 99.6 cm³/mol. The number of sulfone groups is 1. The predicted octanol–water partition coefficient (Wildman–Crippen LogP) is 1.95. The number of aliphatic imine (C=N–C) groups is 1. The van der Waals surface area contributed by atoms with E-state index in [1.165, 1.54) is 11.8 Å². The summed E-state index contributed by atoms with van der Waals surface area (Å²) in [6, 6.07) is 7.51. The van der Waals surface area contributed by atoms with E-state index in [1.54, 1.807) is 7.11 Å². The number of hydrogen-bond acceptors (Lipinski definition) is 5. The first-order valence-electron chi connectivity index (χ1n) is 8.18. The van der Waals surface area contributed by atoms with E-state index in [0.29, 0.717) is 11.7 Å². The zero-order valence-electron chi connectivity index (χ0n) is 14.5. The molecule has 8 heteroatoms. The van der Waals surface area contributed by atoms with E-state index in [9.17, 15) is 13.2 Å². The summed E-state index contributed by atoms with van der Waals surface area (Å²) in [5.74, 6) is 0.682. The van der Waals surface area contributed by atoms with E-state index in [2.05, 4.69) is 4.99 Å². The van der Waals surface area contributed by atoms with Gasteiger partial charge in [0.05, 0.1) is 24.7 Å². The molecule has 2 fully saturated rings. The Morgan fingerprint density at radius 1 is 1.32 bits per heavy atom. The number of ether oxygens (including phenoxy) is 1. The summed E-state index contributed by atoms with van der Waals surface area (Å²) in [6.45, 7) is 4.15. The molecule has 0 aliphatic carbocycles. The molecule has 2 heterocycles. The van der Waals surface area contributed by atoms with E-state index in [1.807, 2.05) is 43.0 Å². The number of benzene rings is 1. The highest BCUT2D eigenvalue weighted by atomic mass is 32.2. The van der Waals surface area contributed by atoms with Crippen molar-refractivity contribution < 1.29 is 17.9 Å². The Kier molecular flexibility index (Phi) is 5.11. The quantitative estimate of drug-likeness (QED) is 0.792. The van der Waals surface area contributed by atoms with Crippen molar-refractivity contribution in [1.29, 1.82) is 0 Å². The van der Waals surface area contributed by atoms with Crippen molar-refractivity contribution >= 4 is 32.7 Å². The van der Waals surface area contributed by atoms with Crippen LogP contribution in [0.5, 0.6) is 5.75 Å². The topological polar surface area (TPSA) is 76.0 Å². The van der Waals surface area contributed by atoms with Gasteiger partial charge in [-0.3, -0.25) is 4.79 Å². The summed E-state index contributed by atoms with van der Waals surface area (Å²) in [5.41, 5.74) is 1.02. The van der Waals surface area contributed by atoms with Crippen LogP contribution < -0.4 is 4.74 Å². The van der Waals surface area contributed by atoms with Crippen LogP contribution in [0.4, 0.5) is 0 Å². The van der Waals surface area contributed by atoms with Crippen molar-refractivity contribution in [2.24, 2.45) is 10.9 Å². The second-order valence-corrected chi connectivity index (χ2v) is 10.0. The van der Waals surface area contributed by atoms with Gasteiger partial charge in [0.1, 0.15) is 5.75 Å². The third kappa shape index (κ3) is 4.00. The van der Waals surface area contributed by atoms with E-state index >= 15 is 0 Å². The number of thioether (sulfide) groups is 1. The average molecular weight is 383 g/mol. The summed E-state index contributed by atoms with van der Waals surface area (Å²) in [5, 5.41) is 0.585. The lowest BCUT2D eigenvalue weighted by atomic mass is 10.1. The van der Waals surface area contributed by atoms with Gasteiger partial charge in [-0.05, 0) is 17.7 Å². The molecular weight excluding hydrogens is 360 g/mol. The first-order valence-corrected chi connectivity index (χ1v) is 10.9. The normalized spacial score (nSPS) is 26.2. The molecule has 1 aromatic carbocycles. The van der Waals surface area contributed by atoms with Crippen LogP contribution in [0.3, 0.4) is 0 Å². The van der Waals surface area contributed by atoms with E-state index in [0.717, 1.165) is 11.3 Å². The van der Waals surface area contributed by atoms with Crippen molar-refractivity contribution in [2.45, 2.75) is 31.7 Å². The third-order valence-electron chi connectivity index (χ3n) is 4.39. The summed E-state index contributed by atoms with van der Waals surface area (Å²) >= 11 is 1.42. The molecule has 25 heavy (non-hydrogen) atoms. The van der Waals surface area contributed by atoms with Crippen LogP contribution in [0.25, 0.3) is 0 Å². The molecule has 0 bridgehead atoms. The fourth-order valence-corrected chi connectivity index (χ4v) is 6.93. The largest absolute Gasteiger partial charge is 0.497 e. The number of nitrogens with zero attached hydrogens (tertiary/aromatic N) is 2. The lowest BCUT2D eigenvalue weighted by molar-refractivity contribution is -0.120. The second-order valence-electron chi connectivity index (χ2n) is 6.66. The molecule has 0 spiro atoms. The van der Waals surface area contributed by atoms with E-state index in [-0.39, 0.29) is 34.6 Å². The average Bonchev–Trinajstić information content (AvgIpc) is 3.01. The molecule has 2 atom stereocenters. The van der Waals surface area contributed by atoms with E-state index < -0.39 is 9.84 Å². The zero-order chi connectivity index (χ0) is 18.2. The Hall–Kier alpha value is -1.54. The summed E-state index contributed by atoms with van der Waals surface area (Å²) in [6.07, 6.45) is 0. The molecule has 2 aliphatic heterocycles. The first kappa shape index (κ1) is 18.3. The number of amidine groups is 1. The van der Waals surface area contributed by atoms with Gasteiger partial charge < -0.3 is 9.64 Å². The van der Waals surface area contributed by atoms with Crippen LogP contribution in [0, 0.1) is 5.92 Å². The van der Waals surface area contributed by atoms with Gasteiger partial charge in [-0.25, -0.2) is 8.42 Å². The number of rotatable bonds is 4. The van der Waals surface area contributed by atoms with Gasteiger partial charge in [0, 0.05) is 17.7 Å². The molecule has 0 aromatic heterocycles. The van der Waals surface area contributed by atoms with Gasteiger partial charge in [0.25, 0.3) is 5.91 Å². The van der Waals surface area contributed by atoms with Gasteiger partial charge in [-0.15, -0.1) is 0 Å². The lowest BCUT2D eigenvalue weighted by Gasteiger charge is -2.24. The molecule has 0 saturated carbocycles. The standard InChI is InChI=1S/C17H22N2O4S2/c1-11(2)16(20)18-17-19(8-12-4-6-13(23-3)7-5-12)14-9-25(21,22)10-15(14)24-17/h4-7,11,14-15H,8-10H2,1-3H3/t14-,15+/m1/s1. The van der Waals surface area contributed by atoms with Crippen molar-refractivity contribution in [3.63, 3.8) is 0 Å². The molecule has 6 nitrogen and oxygen atoms in total. The zero-order valence-corrected chi connectivity index (χ0v) is 16.1. The number of carbonyl (C=O) groups excluding carboxylic acids is 1. The van der Waals surface area contributed by atoms with E-state index in [4.69, 9.17) is 4.74 Å². The maximum atomic E-state index is 12.1. The molecule has 2 aliphatic rings. The maximum Gasteiger partial charge on any atom is 0.250 e. The third-order valence-corrected chi connectivity index (χ3v) is 7.63. The number of fused-ring (bicyclic) bond motifs is 1. The molecule has 0 unspecified atom stereocenters. The molecule has 0 radical (unpaired) electrons. The Balaban J connectivity index is 1.87. The summed E-state index contributed by atoms with van der Waals surface area (Å²) in [7, 11) is -1.42. The molecular formula is C17H22N2O4S2. The van der Waals surface area contributed by atoms with Crippen LogP contribution in [-0.4, -0.2) is 54.3 Å². The number of amides is 1. The fraction of sp³-hybridized carbons (Fsp3) is 0.529. The smallest absolute Gasteiger partial charge is 0.250 e. The van der Waals surface area contributed by atoms with Crippen LogP contribution in [0.1, 0.15) is 19.4 Å². The molecule has 1 aromatic rings. The highest BCUT2D eigenvalue weighted by Crippen LogP contribution is 2.39. The number of methoxy groups -OCH3 is 1. The van der Waals surface area contributed by atoms with Gasteiger partial charge in [0.2, 0.25) is 0 Å². The van der Waals surface area contributed by atoms with Crippen molar-refractivity contribution in [2.75, 3.05) is 18.6 Å². The van der Waals surface area contributed by atoms with Gasteiger partial charge >= 0.3 is 0 Å². The molecule has 0 N–H and O–H groups in total. The monoisotopic (exact) mass is 382 g/mol. The van der Waals surface area contributed by atoms with Crippen molar-refractivity contribution in [1.82, 2.24) is 4.90 Å². The van der Waals surface area contributed by atoms with Crippen LogP contribution in [0.15, 0.2) is 29.3 Å². The SMILES string of the molecule is COc1ccc(CN2C(=NC(=O)C(C)C)S[C@H]3CS(=O)(=O)C[C@H]32)cc1. The molecule has 3 rings (SSSR count). The fourth-order valence-electron chi connectivity index (χ4n) is 2.97. The van der Waals surface area contributed by atoms with Crippen LogP contribution in [0.2, 0.25) is 0 Å². The van der Waals surface area contributed by atoms with Crippen LogP contribution >= 0.6 is 11.8 Å². The molecule has 2 saturated heterocycles. The van der Waals surface area contributed by atoms with Crippen LogP contribution in [-0.2, 0) is 21.2 Å². The molecule has 136 valence electrons. The summed E-state index contributed by atoms with van der Waals surface area (Å²) < 4.78 is 29.2. The Bertz CT molecular complexity index is 787. The first-order chi connectivity index (χ1) is 11.8. The van der Waals surface area contributed by atoms with Crippen molar-refractivity contribution in [3.8, 4) is 5.75 Å². The summed E-state index contributed by atoms with van der Waals surface area (Å²) in [4.78, 5) is 18.3. The highest BCUT2D eigenvalue weighted by molar-refractivity contribution is 8.15. The minimum absolute atomic E-state index is 0.0537. The number of carbonyl (C=O) groups is 1.